The van der Waals surface area contributed by atoms with Gasteiger partial charge in [0.15, 0.2) is 0 Å². The van der Waals surface area contributed by atoms with Crippen molar-refractivity contribution in [3.05, 3.63) is 51.7 Å². The Morgan fingerprint density at radius 1 is 1.24 bits per heavy atom. The first kappa shape index (κ1) is 13.6. The maximum Gasteiger partial charge on any atom is 0.254 e. The van der Waals surface area contributed by atoms with Crippen LogP contribution in [-0.2, 0) is 19.6 Å². The Hall–Kier alpha value is -2.34. The molecule has 0 atom stereocenters. The molecule has 3 rings (SSSR count). The SMILES string of the molecule is COc1ccc(OCc2nc3c(c(=O)[nH]2)CCNC3)cc1. The zero-order valence-corrected chi connectivity index (χ0v) is 11.8. The average Bonchev–Trinajstić information content (AvgIpc) is 2.53. The minimum atomic E-state index is -0.0603. The third-order valence-corrected chi connectivity index (χ3v) is 3.43. The van der Waals surface area contributed by atoms with Crippen LogP contribution in [0.15, 0.2) is 29.1 Å². The van der Waals surface area contributed by atoms with E-state index in [9.17, 15) is 4.79 Å². The summed E-state index contributed by atoms with van der Waals surface area (Å²) in [7, 11) is 1.62. The smallest absolute Gasteiger partial charge is 0.254 e. The van der Waals surface area contributed by atoms with Crippen molar-refractivity contribution in [1.29, 1.82) is 0 Å². The molecular formula is C15H17N3O3. The maximum atomic E-state index is 12.0. The summed E-state index contributed by atoms with van der Waals surface area (Å²) < 4.78 is 10.7. The van der Waals surface area contributed by atoms with Crippen LogP contribution >= 0.6 is 0 Å². The fourth-order valence-electron chi connectivity index (χ4n) is 2.31. The third-order valence-electron chi connectivity index (χ3n) is 3.43. The van der Waals surface area contributed by atoms with Crippen LogP contribution in [0.2, 0.25) is 0 Å². The zero-order valence-electron chi connectivity index (χ0n) is 11.8. The molecule has 1 aliphatic rings. The van der Waals surface area contributed by atoms with Crippen molar-refractivity contribution in [2.75, 3.05) is 13.7 Å². The topological polar surface area (TPSA) is 76.2 Å². The molecular weight excluding hydrogens is 270 g/mol. The predicted octanol–water partition coefficient (Wildman–Crippen LogP) is 1.00. The van der Waals surface area contributed by atoms with Gasteiger partial charge in [0, 0.05) is 12.1 Å². The van der Waals surface area contributed by atoms with Crippen molar-refractivity contribution >= 4 is 0 Å². The highest BCUT2D eigenvalue weighted by Crippen LogP contribution is 2.17. The molecule has 1 aromatic carbocycles. The van der Waals surface area contributed by atoms with Crippen molar-refractivity contribution in [2.24, 2.45) is 0 Å². The summed E-state index contributed by atoms with van der Waals surface area (Å²) >= 11 is 0. The van der Waals surface area contributed by atoms with Crippen LogP contribution in [0.5, 0.6) is 11.5 Å². The zero-order chi connectivity index (χ0) is 14.7. The maximum absolute atomic E-state index is 12.0. The number of aromatic nitrogens is 2. The molecule has 0 amide bonds. The van der Waals surface area contributed by atoms with Gasteiger partial charge in [0.2, 0.25) is 0 Å². The molecule has 21 heavy (non-hydrogen) atoms. The molecule has 2 heterocycles. The van der Waals surface area contributed by atoms with Crippen LogP contribution in [0.4, 0.5) is 0 Å². The standard InChI is InChI=1S/C15H17N3O3/c1-20-10-2-4-11(5-3-10)21-9-14-17-13-8-16-7-6-12(13)15(19)18-14/h2-5,16H,6-9H2,1H3,(H,17,18,19). The molecule has 2 N–H and O–H groups in total. The van der Waals surface area contributed by atoms with E-state index in [0.29, 0.717) is 18.1 Å². The van der Waals surface area contributed by atoms with Gasteiger partial charge in [-0.2, -0.15) is 0 Å². The van der Waals surface area contributed by atoms with Crippen molar-refractivity contribution in [3.63, 3.8) is 0 Å². The monoisotopic (exact) mass is 287 g/mol. The molecule has 6 nitrogen and oxygen atoms in total. The second-order valence-corrected chi connectivity index (χ2v) is 4.83. The molecule has 0 saturated carbocycles. The molecule has 0 unspecified atom stereocenters. The summed E-state index contributed by atoms with van der Waals surface area (Å²) in [5, 5.41) is 3.21. The predicted molar refractivity (Wildman–Crippen MR) is 77.6 cm³/mol. The number of fused-ring (bicyclic) bond motifs is 1. The summed E-state index contributed by atoms with van der Waals surface area (Å²) in [5.74, 6) is 2.02. The van der Waals surface area contributed by atoms with Gasteiger partial charge in [-0.25, -0.2) is 4.98 Å². The average molecular weight is 287 g/mol. The number of ether oxygens (including phenoxy) is 2. The van der Waals surface area contributed by atoms with Crippen molar-refractivity contribution < 1.29 is 9.47 Å². The first-order chi connectivity index (χ1) is 10.3. The lowest BCUT2D eigenvalue weighted by Gasteiger charge is -2.16. The van der Waals surface area contributed by atoms with E-state index in [2.05, 4.69) is 15.3 Å². The number of aromatic amines is 1. The molecule has 0 fully saturated rings. The van der Waals surface area contributed by atoms with Crippen LogP contribution in [0.3, 0.4) is 0 Å². The summed E-state index contributed by atoms with van der Waals surface area (Å²) in [6.45, 7) is 1.68. The van der Waals surface area contributed by atoms with E-state index >= 15 is 0 Å². The molecule has 0 spiro atoms. The van der Waals surface area contributed by atoms with Gasteiger partial charge < -0.3 is 19.8 Å². The largest absolute Gasteiger partial charge is 0.497 e. The van der Waals surface area contributed by atoms with E-state index in [-0.39, 0.29) is 12.2 Å². The van der Waals surface area contributed by atoms with Crippen LogP contribution in [0.25, 0.3) is 0 Å². The van der Waals surface area contributed by atoms with Crippen molar-refractivity contribution in [1.82, 2.24) is 15.3 Å². The first-order valence-corrected chi connectivity index (χ1v) is 6.85. The highest BCUT2D eigenvalue weighted by molar-refractivity contribution is 5.31. The van der Waals surface area contributed by atoms with Gasteiger partial charge in [0.25, 0.3) is 5.56 Å². The van der Waals surface area contributed by atoms with E-state index < -0.39 is 0 Å². The van der Waals surface area contributed by atoms with E-state index in [1.165, 1.54) is 0 Å². The molecule has 6 heteroatoms. The molecule has 0 aliphatic carbocycles. The lowest BCUT2D eigenvalue weighted by Crippen LogP contribution is -2.32. The Morgan fingerprint density at radius 3 is 2.76 bits per heavy atom. The normalized spacial score (nSPS) is 13.6. The number of hydrogen-bond acceptors (Lipinski definition) is 5. The molecule has 0 saturated heterocycles. The Kier molecular flexibility index (Phi) is 3.87. The highest BCUT2D eigenvalue weighted by atomic mass is 16.5. The van der Waals surface area contributed by atoms with Crippen LogP contribution in [0.1, 0.15) is 17.1 Å². The number of nitrogens with one attached hydrogen (secondary N) is 2. The second kappa shape index (κ2) is 5.97. The van der Waals surface area contributed by atoms with Crippen LogP contribution in [0, 0.1) is 0 Å². The summed E-state index contributed by atoms with van der Waals surface area (Å²) in [5.41, 5.74) is 1.54. The number of methoxy groups -OCH3 is 1. The molecule has 1 aliphatic heterocycles. The highest BCUT2D eigenvalue weighted by Gasteiger charge is 2.15. The molecule has 110 valence electrons. The number of rotatable bonds is 4. The fourth-order valence-corrected chi connectivity index (χ4v) is 2.31. The minimum Gasteiger partial charge on any atom is -0.497 e. The Bertz CT molecular complexity index is 680. The lowest BCUT2D eigenvalue weighted by molar-refractivity contribution is 0.293. The minimum absolute atomic E-state index is 0.0603. The van der Waals surface area contributed by atoms with Gasteiger partial charge >= 0.3 is 0 Å². The van der Waals surface area contributed by atoms with Gasteiger partial charge in [0.05, 0.1) is 12.8 Å². The van der Waals surface area contributed by atoms with Crippen molar-refractivity contribution in [3.8, 4) is 11.5 Å². The Labute approximate surface area is 122 Å². The van der Waals surface area contributed by atoms with Crippen LogP contribution in [-0.4, -0.2) is 23.6 Å². The Balaban J connectivity index is 1.72. The van der Waals surface area contributed by atoms with E-state index in [0.717, 1.165) is 30.0 Å². The lowest BCUT2D eigenvalue weighted by atomic mass is 10.1. The summed E-state index contributed by atoms with van der Waals surface area (Å²) in [4.78, 5) is 19.2. The number of H-pyrrole nitrogens is 1. The molecule has 0 bridgehead atoms. The van der Waals surface area contributed by atoms with Crippen LogP contribution < -0.4 is 20.3 Å². The summed E-state index contributed by atoms with van der Waals surface area (Å²) in [6, 6.07) is 7.28. The quantitative estimate of drug-likeness (QED) is 0.877. The number of benzene rings is 1. The van der Waals surface area contributed by atoms with E-state index in [1.54, 1.807) is 7.11 Å². The van der Waals surface area contributed by atoms with Gasteiger partial charge in [-0.1, -0.05) is 0 Å². The first-order valence-electron chi connectivity index (χ1n) is 6.85. The van der Waals surface area contributed by atoms with E-state index in [1.807, 2.05) is 24.3 Å². The van der Waals surface area contributed by atoms with Gasteiger partial charge in [0.1, 0.15) is 23.9 Å². The third kappa shape index (κ3) is 3.05. The molecule has 1 aromatic heterocycles. The van der Waals surface area contributed by atoms with Gasteiger partial charge in [-0.15, -0.1) is 0 Å². The van der Waals surface area contributed by atoms with Crippen molar-refractivity contribution in [2.45, 2.75) is 19.6 Å². The number of hydrogen-bond donors (Lipinski definition) is 2. The molecule has 2 aromatic rings. The second-order valence-electron chi connectivity index (χ2n) is 4.83. The fraction of sp³-hybridized carbons (Fsp3) is 0.333. The number of nitrogens with zero attached hydrogens (tertiary/aromatic N) is 1. The van der Waals surface area contributed by atoms with E-state index in [4.69, 9.17) is 9.47 Å². The summed E-state index contributed by atoms with van der Waals surface area (Å²) in [6.07, 6.45) is 0.720. The Morgan fingerprint density at radius 2 is 2.00 bits per heavy atom. The van der Waals surface area contributed by atoms with Gasteiger partial charge in [-0.3, -0.25) is 4.79 Å². The van der Waals surface area contributed by atoms with Gasteiger partial charge in [-0.05, 0) is 37.2 Å². The molecule has 0 radical (unpaired) electrons.